The van der Waals surface area contributed by atoms with Gasteiger partial charge in [0.25, 0.3) is 0 Å². The predicted molar refractivity (Wildman–Crippen MR) is 86.8 cm³/mol. The van der Waals surface area contributed by atoms with Crippen LogP contribution in [0.15, 0.2) is 18.2 Å². The van der Waals surface area contributed by atoms with Crippen LogP contribution in [-0.2, 0) is 14.8 Å². The van der Waals surface area contributed by atoms with Crippen LogP contribution < -0.4 is 14.4 Å². The van der Waals surface area contributed by atoms with Gasteiger partial charge >= 0.3 is 0 Å². The van der Waals surface area contributed by atoms with E-state index in [9.17, 15) is 13.2 Å². The number of ether oxygens (including phenoxy) is 1. The molecule has 0 aromatic heterocycles. The Kier molecular flexibility index (Phi) is 4.37. The molecule has 1 amide bonds. The second-order valence-corrected chi connectivity index (χ2v) is 8.34. The van der Waals surface area contributed by atoms with Crippen LogP contribution in [0, 0.1) is 5.41 Å². The summed E-state index contributed by atoms with van der Waals surface area (Å²) in [6.07, 6.45) is 0.609. The molecule has 6 nitrogen and oxygen atoms in total. The Morgan fingerprint density at radius 1 is 1.32 bits per heavy atom. The molecule has 1 aliphatic rings. The summed E-state index contributed by atoms with van der Waals surface area (Å²) in [6.45, 7) is 5.89. The van der Waals surface area contributed by atoms with Crippen LogP contribution in [0.2, 0.25) is 0 Å². The maximum atomic E-state index is 12.2. The highest BCUT2D eigenvalue weighted by Gasteiger charge is 2.29. The largest absolute Gasteiger partial charge is 0.495 e. The zero-order valence-electron chi connectivity index (χ0n) is 13.3. The third kappa shape index (κ3) is 3.35. The Morgan fingerprint density at radius 2 is 2.00 bits per heavy atom. The first kappa shape index (κ1) is 16.6. The fraction of sp³-hybridized carbons (Fsp3) is 0.533. The fourth-order valence-electron chi connectivity index (χ4n) is 2.19. The van der Waals surface area contributed by atoms with Gasteiger partial charge in [-0.25, -0.2) is 8.42 Å². The summed E-state index contributed by atoms with van der Waals surface area (Å²) in [5, 5.41) is 2.81. The average Bonchev–Trinajstić information content (AvgIpc) is 2.77. The van der Waals surface area contributed by atoms with Crippen molar-refractivity contribution in [2.45, 2.75) is 27.2 Å². The molecule has 1 aromatic rings. The monoisotopic (exact) mass is 326 g/mol. The van der Waals surface area contributed by atoms with Crippen molar-refractivity contribution < 1.29 is 17.9 Å². The van der Waals surface area contributed by atoms with Crippen molar-refractivity contribution in [1.82, 2.24) is 0 Å². The molecule has 1 heterocycles. The number of carbonyl (C=O) groups is 1. The van der Waals surface area contributed by atoms with E-state index in [4.69, 9.17) is 4.74 Å². The van der Waals surface area contributed by atoms with Crippen LogP contribution in [0.1, 0.15) is 27.2 Å². The fourth-order valence-corrected chi connectivity index (χ4v) is 3.74. The summed E-state index contributed by atoms with van der Waals surface area (Å²) in [5.41, 5.74) is 0.463. The molecule has 1 fully saturated rings. The minimum atomic E-state index is -3.25. The Bertz CT molecular complexity index is 677. The molecule has 0 spiro atoms. The topological polar surface area (TPSA) is 75.7 Å². The first-order valence-corrected chi connectivity index (χ1v) is 8.76. The van der Waals surface area contributed by atoms with E-state index in [-0.39, 0.29) is 11.7 Å². The van der Waals surface area contributed by atoms with E-state index < -0.39 is 15.4 Å². The number of anilines is 2. The van der Waals surface area contributed by atoms with E-state index >= 15 is 0 Å². The second-order valence-electron chi connectivity index (χ2n) is 6.33. The van der Waals surface area contributed by atoms with Crippen LogP contribution in [0.5, 0.6) is 5.75 Å². The van der Waals surface area contributed by atoms with Gasteiger partial charge in [0.05, 0.1) is 24.2 Å². The zero-order chi connectivity index (χ0) is 16.5. The quantitative estimate of drug-likeness (QED) is 0.924. The molecule has 0 bridgehead atoms. The number of carbonyl (C=O) groups excluding carboxylic acids is 1. The molecular weight excluding hydrogens is 304 g/mol. The lowest BCUT2D eigenvalue weighted by Crippen LogP contribution is -2.28. The molecule has 1 saturated heterocycles. The number of amides is 1. The van der Waals surface area contributed by atoms with Gasteiger partial charge in [0.1, 0.15) is 5.75 Å². The summed E-state index contributed by atoms with van der Waals surface area (Å²) in [4.78, 5) is 12.2. The van der Waals surface area contributed by atoms with Gasteiger partial charge in [0.15, 0.2) is 0 Å². The molecule has 0 atom stereocenters. The molecule has 0 unspecified atom stereocenters. The van der Waals surface area contributed by atoms with Gasteiger partial charge in [-0.1, -0.05) is 20.8 Å². The molecule has 0 aliphatic carbocycles. The molecule has 0 saturated carbocycles. The molecule has 2 rings (SSSR count). The van der Waals surface area contributed by atoms with E-state index in [0.29, 0.717) is 30.1 Å². The smallest absolute Gasteiger partial charge is 0.235 e. The molecule has 1 aromatic carbocycles. The molecule has 1 aliphatic heterocycles. The van der Waals surface area contributed by atoms with Crippen LogP contribution >= 0.6 is 0 Å². The summed E-state index contributed by atoms with van der Waals surface area (Å²) < 4.78 is 30.7. The van der Waals surface area contributed by atoms with E-state index in [1.165, 1.54) is 11.4 Å². The van der Waals surface area contributed by atoms with Gasteiger partial charge in [-0.3, -0.25) is 9.10 Å². The maximum Gasteiger partial charge on any atom is 0.235 e. The lowest BCUT2D eigenvalue weighted by atomic mass is 9.95. The van der Waals surface area contributed by atoms with Gasteiger partial charge in [0, 0.05) is 12.0 Å². The predicted octanol–water partition coefficient (Wildman–Crippen LogP) is 2.22. The van der Waals surface area contributed by atoms with E-state index in [0.717, 1.165) is 0 Å². The summed E-state index contributed by atoms with van der Waals surface area (Å²) in [6, 6.07) is 5.00. The highest BCUT2D eigenvalue weighted by Crippen LogP contribution is 2.33. The van der Waals surface area contributed by atoms with Crippen molar-refractivity contribution >= 4 is 27.3 Å². The summed E-state index contributed by atoms with van der Waals surface area (Å²) in [7, 11) is -1.75. The van der Waals surface area contributed by atoms with Crippen molar-refractivity contribution in [2.24, 2.45) is 5.41 Å². The van der Waals surface area contributed by atoms with E-state index in [1.54, 1.807) is 18.2 Å². The molecule has 1 N–H and O–H groups in total. The van der Waals surface area contributed by atoms with Crippen molar-refractivity contribution in [3.05, 3.63) is 18.2 Å². The molecule has 122 valence electrons. The Labute approximate surface area is 131 Å². The first-order valence-electron chi connectivity index (χ1n) is 7.15. The third-order valence-electron chi connectivity index (χ3n) is 3.50. The average molecular weight is 326 g/mol. The minimum absolute atomic E-state index is 0.155. The number of hydrogen-bond donors (Lipinski definition) is 1. The number of benzene rings is 1. The number of sulfonamides is 1. The van der Waals surface area contributed by atoms with Crippen molar-refractivity contribution in [3.63, 3.8) is 0 Å². The third-order valence-corrected chi connectivity index (χ3v) is 5.37. The lowest BCUT2D eigenvalue weighted by Gasteiger charge is -2.22. The van der Waals surface area contributed by atoms with Crippen LogP contribution in [-0.4, -0.2) is 33.7 Å². The highest BCUT2D eigenvalue weighted by molar-refractivity contribution is 7.93. The number of nitrogens with zero attached hydrogens (tertiary/aromatic N) is 1. The minimum Gasteiger partial charge on any atom is -0.495 e. The maximum absolute atomic E-state index is 12.2. The number of methoxy groups -OCH3 is 1. The Hall–Kier alpha value is -1.76. The van der Waals surface area contributed by atoms with E-state index in [1.807, 2.05) is 20.8 Å². The molecule has 7 heteroatoms. The Morgan fingerprint density at radius 3 is 2.50 bits per heavy atom. The first-order chi connectivity index (χ1) is 10.1. The van der Waals surface area contributed by atoms with Gasteiger partial charge in [-0.2, -0.15) is 0 Å². The molecule has 22 heavy (non-hydrogen) atoms. The Balaban J connectivity index is 2.37. The standard InChI is InChI=1S/C15H22N2O4S/c1-15(2,3)14(18)16-12-10-11(6-7-13(12)21-4)17-8-5-9-22(17,19)20/h6-7,10H,5,8-9H2,1-4H3,(H,16,18). The zero-order valence-corrected chi connectivity index (χ0v) is 14.2. The van der Waals surface area contributed by atoms with Crippen LogP contribution in [0.3, 0.4) is 0 Å². The second kappa shape index (κ2) is 5.79. The lowest BCUT2D eigenvalue weighted by molar-refractivity contribution is -0.123. The van der Waals surface area contributed by atoms with Gasteiger partial charge in [0.2, 0.25) is 15.9 Å². The van der Waals surface area contributed by atoms with Crippen molar-refractivity contribution in [2.75, 3.05) is 29.0 Å². The van der Waals surface area contributed by atoms with Gasteiger partial charge in [-0.15, -0.1) is 0 Å². The number of hydrogen-bond acceptors (Lipinski definition) is 4. The van der Waals surface area contributed by atoms with Crippen molar-refractivity contribution in [3.8, 4) is 5.75 Å². The number of rotatable bonds is 3. The SMILES string of the molecule is COc1ccc(N2CCCS2(=O)=O)cc1NC(=O)C(C)(C)C. The van der Waals surface area contributed by atoms with E-state index in [2.05, 4.69) is 5.32 Å². The van der Waals surface area contributed by atoms with Crippen LogP contribution in [0.4, 0.5) is 11.4 Å². The molecular formula is C15H22N2O4S. The summed E-state index contributed by atoms with van der Waals surface area (Å²) >= 11 is 0. The number of nitrogens with one attached hydrogen (secondary N) is 1. The molecule has 0 radical (unpaired) electrons. The van der Waals surface area contributed by atoms with Crippen LogP contribution in [0.25, 0.3) is 0 Å². The van der Waals surface area contributed by atoms with Gasteiger partial charge < -0.3 is 10.1 Å². The van der Waals surface area contributed by atoms with Crippen molar-refractivity contribution in [1.29, 1.82) is 0 Å². The van der Waals surface area contributed by atoms with Gasteiger partial charge in [-0.05, 0) is 24.6 Å². The highest BCUT2D eigenvalue weighted by atomic mass is 32.2. The summed E-state index contributed by atoms with van der Waals surface area (Å²) in [5.74, 6) is 0.494. The normalized spacial score (nSPS) is 17.4.